The summed E-state index contributed by atoms with van der Waals surface area (Å²) in [4.78, 5) is 0. The maximum absolute atomic E-state index is 3.68. The van der Waals surface area contributed by atoms with Gasteiger partial charge in [-0.2, -0.15) is 11.8 Å². The molecule has 2 rings (SSSR count). The van der Waals surface area contributed by atoms with Gasteiger partial charge in [-0.3, -0.25) is 0 Å². The first-order valence-electron chi connectivity index (χ1n) is 6.37. The minimum absolute atomic E-state index is 0.720. The Morgan fingerprint density at radius 3 is 3.06 bits per heavy atom. The van der Waals surface area contributed by atoms with Crippen LogP contribution in [-0.4, -0.2) is 17.0 Å². The topological polar surface area (TPSA) is 12.0 Å². The van der Waals surface area contributed by atoms with Crippen molar-refractivity contribution >= 4 is 27.7 Å². The highest BCUT2D eigenvalue weighted by atomic mass is 79.9. The van der Waals surface area contributed by atoms with Crippen LogP contribution in [0.25, 0.3) is 0 Å². The molecule has 94 valence electrons. The molecule has 0 aromatic heterocycles. The van der Waals surface area contributed by atoms with Crippen LogP contribution in [0.3, 0.4) is 0 Å². The van der Waals surface area contributed by atoms with E-state index >= 15 is 0 Å². The van der Waals surface area contributed by atoms with Crippen molar-refractivity contribution < 1.29 is 0 Å². The van der Waals surface area contributed by atoms with Crippen LogP contribution in [0.15, 0.2) is 28.7 Å². The summed E-state index contributed by atoms with van der Waals surface area (Å²) in [6, 6.07) is 9.28. The van der Waals surface area contributed by atoms with E-state index in [9.17, 15) is 0 Å². The first-order valence-corrected chi connectivity index (χ1v) is 8.21. The highest BCUT2D eigenvalue weighted by molar-refractivity contribution is 9.10. The number of nitrogens with one attached hydrogen (secondary N) is 1. The second-order valence-corrected chi connectivity index (χ2v) is 7.09. The second kappa shape index (κ2) is 6.81. The molecule has 0 aliphatic heterocycles. The molecule has 2 unspecified atom stereocenters. The van der Waals surface area contributed by atoms with Gasteiger partial charge in [-0.15, -0.1) is 0 Å². The molecule has 1 saturated carbocycles. The third-order valence-corrected chi connectivity index (χ3v) is 5.00. The summed E-state index contributed by atoms with van der Waals surface area (Å²) in [5.74, 6) is 1.25. The zero-order chi connectivity index (χ0) is 12.1. The molecule has 1 fully saturated rings. The van der Waals surface area contributed by atoms with Crippen molar-refractivity contribution in [1.82, 2.24) is 5.32 Å². The molecule has 0 heterocycles. The molecule has 0 saturated heterocycles. The van der Waals surface area contributed by atoms with Crippen molar-refractivity contribution in [3.63, 3.8) is 0 Å². The van der Waals surface area contributed by atoms with Gasteiger partial charge < -0.3 is 5.32 Å². The van der Waals surface area contributed by atoms with Crippen LogP contribution >= 0.6 is 27.7 Å². The van der Waals surface area contributed by atoms with Gasteiger partial charge in [-0.05, 0) is 42.7 Å². The third kappa shape index (κ3) is 4.31. The van der Waals surface area contributed by atoms with Gasteiger partial charge in [-0.25, -0.2) is 0 Å². The largest absolute Gasteiger partial charge is 0.310 e. The monoisotopic (exact) mass is 313 g/mol. The SMILES string of the molecule is CCSC1CCC(NCc2cccc(Br)c2)C1. The average molecular weight is 314 g/mol. The molecule has 0 bridgehead atoms. The molecule has 1 aliphatic carbocycles. The van der Waals surface area contributed by atoms with Crippen molar-refractivity contribution in [1.29, 1.82) is 0 Å². The Kier molecular flexibility index (Phi) is 5.39. The molecule has 1 N–H and O–H groups in total. The summed E-state index contributed by atoms with van der Waals surface area (Å²) in [6.07, 6.45) is 4.06. The second-order valence-electron chi connectivity index (χ2n) is 4.60. The van der Waals surface area contributed by atoms with Gasteiger partial charge in [0.05, 0.1) is 0 Å². The fraction of sp³-hybridized carbons (Fsp3) is 0.571. The van der Waals surface area contributed by atoms with E-state index in [0.717, 1.165) is 17.8 Å². The van der Waals surface area contributed by atoms with Crippen LogP contribution in [0, 0.1) is 0 Å². The highest BCUT2D eigenvalue weighted by Gasteiger charge is 2.23. The number of hydrogen-bond donors (Lipinski definition) is 1. The Labute approximate surface area is 117 Å². The zero-order valence-electron chi connectivity index (χ0n) is 10.3. The Hall–Kier alpha value is 0.01000. The van der Waals surface area contributed by atoms with Gasteiger partial charge >= 0.3 is 0 Å². The Bertz CT molecular complexity index is 356. The van der Waals surface area contributed by atoms with Crippen LogP contribution in [0.4, 0.5) is 0 Å². The smallest absolute Gasteiger partial charge is 0.0208 e. The van der Waals surface area contributed by atoms with E-state index in [0.29, 0.717) is 0 Å². The lowest BCUT2D eigenvalue weighted by Crippen LogP contribution is -2.26. The lowest BCUT2D eigenvalue weighted by Gasteiger charge is -2.13. The zero-order valence-corrected chi connectivity index (χ0v) is 12.7. The van der Waals surface area contributed by atoms with Crippen molar-refractivity contribution in [3.8, 4) is 0 Å². The lowest BCUT2D eigenvalue weighted by atomic mass is 10.2. The molecule has 1 aliphatic rings. The predicted octanol–water partition coefficient (Wildman–Crippen LogP) is 4.21. The van der Waals surface area contributed by atoms with Crippen molar-refractivity contribution in [2.75, 3.05) is 5.75 Å². The van der Waals surface area contributed by atoms with Crippen LogP contribution in [-0.2, 0) is 6.54 Å². The molecular formula is C14H20BrNS. The minimum atomic E-state index is 0.720. The molecule has 3 heteroatoms. The lowest BCUT2D eigenvalue weighted by molar-refractivity contribution is 0.525. The first kappa shape index (κ1) is 13.4. The Morgan fingerprint density at radius 1 is 1.41 bits per heavy atom. The molecule has 1 aromatic carbocycles. The molecule has 1 nitrogen and oxygen atoms in total. The quantitative estimate of drug-likeness (QED) is 0.873. The molecule has 2 atom stereocenters. The van der Waals surface area contributed by atoms with E-state index in [-0.39, 0.29) is 0 Å². The van der Waals surface area contributed by atoms with E-state index in [1.165, 1.54) is 35.1 Å². The third-order valence-electron chi connectivity index (χ3n) is 3.27. The van der Waals surface area contributed by atoms with E-state index in [1.807, 2.05) is 0 Å². The van der Waals surface area contributed by atoms with Crippen molar-refractivity contribution in [2.24, 2.45) is 0 Å². The summed E-state index contributed by atoms with van der Waals surface area (Å²) in [7, 11) is 0. The van der Waals surface area contributed by atoms with E-state index in [1.54, 1.807) is 0 Å². The molecular weight excluding hydrogens is 294 g/mol. The fourth-order valence-corrected chi connectivity index (χ4v) is 4.01. The summed E-state index contributed by atoms with van der Waals surface area (Å²) in [5, 5.41) is 4.57. The Balaban J connectivity index is 1.76. The van der Waals surface area contributed by atoms with Crippen LogP contribution in [0.5, 0.6) is 0 Å². The molecule has 0 radical (unpaired) electrons. The van der Waals surface area contributed by atoms with Gasteiger partial charge in [0.2, 0.25) is 0 Å². The van der Waals surface area contributed by atoms with Crippen LogP contribution < -0.4 is 5.32 Å². The van der Waals surface area contributed by atoms with Crippen LogP contribution in [0.2, 0.25) is 0 Å². The summed E-state index contributed by atoms with van der Waals surface area (Å²) in [6.45, 7) is 3.25. The number of thioether (sulfide) groups is 1. The van der Waals surface area contributed by atoms with Crippen LogP contribution in [0.1, 0.15) is 31.7 Å². The maximum atomic E-state index is 3.68. The van der Waals surface area contributed by atoms with Gasteiger partial charge in [0.1, 0.15) is 0 Å². The molecule has 0 spiro atoms. The highest BCUT2D eigenvalue weighted by Crippen LogP contribution is 2.29. The first-order chi connectivity index (χ1) is 8.28. The summed E-state index contributed by atoms with van der Waals surface area (Å²) >= 11 is 5.63. The minimum Gasteiger partial charge on any atom is -0.310 e. The van der Waals surface area contributed by atoms with Gasteiger partial charge in [0.25, 0.3) is 0 Å². The Morgan fingerprint density at radius 2 is 2.29 bits per heavy atom. The predicted molar refractivity (Wildman–Crippen MR) is 80.5 cm³/mol. The maximum Gasteiger partial charge on any atom is 0.0208 e. The van der Waals surface area contributed by atoms with E-state index < -0.39 is 0 Å². The molecule has 0 amide bonds. The number of benzene rings is 1. The number of halogens is 1. The van der Waals surface area contributed by atoms with Crippen molar-refractivity contribution in [3.05, 3.63) is 34.3 Å². The summed E-state index contributed by atoms with van der Waals surface area (Å²) in [5.41, 5.74) is 1.37. The van der Waals surface area contributed by atoms with Gasteiger partial charge in [0, 0.05) is 22.3 Å². The fourth-order valence-electron chi connectivity index (χ4n) is 2.42. The van der Waals surface area contributed by atoms with Gasteiger partial charge in [-0.1, -0.05) is 35.0 Å². The standard InChI is InChI=1S/C14H20BrNS/c1-2-17-14-7-6-13(9-14)16-10-11-4-3-5-12(15)8-11/h3-5,8,13-14,16H,2,6-7,9-10H2,1H3. The van der Waals surface area contributed by atoms with E-state index in [2.05, 4.69) is 64.2 Å². The molecule has 17 heavy (non-hydrogen) atoms. The normalized spacial score (nSPS) is 24.1. The van der Waals surface area contributed by atoms with E-state index in [4.69, 9.17) is 0 Å². The summed E-state index contributed by atoms with van der Waals surface area (Å²) < 4.78 is 1.17. The van der Waals surface area contributed by atoms with Gasteiger partial charge in [0.15, 0.2) is 0 Å². The number of rotatable bonds is 5. The average Bonchev–Trinajstić information content (AvgIpc) is 2.75. The molecule has 1 aromatic rings. The number of hydrogen-bond acceptors (Lipinski definition) is 2. The van der Waals surface area contributed by atoms with Crippen molar-refractivity contribution in [2.45, 2.75) is 44.0 Å².